The molecule has 1 aromatic carbocycles. The van der Waals surface area contributed by atoms with E-state index in [9.17, 15) is 9.59 Å². The van der Waals surface area contributed by atoms with Gasteiger partial charge in [0.05, 0.1) is 18.3 Å². The van der Waals surface area contributed by atoms with Gasteiger partial charge in [-0.15, -0.1) is 0 Å². The number of carboxylic acids is 1. The van der Waals surface area contributed by atoms with Crippen LogP contribution in [0, 0.1) is 0 Å². The van der Waals surface area contributed by atoms with Crippen LogP contribution < -0.4 is 5.32 Å². The third-order valence-corrected chi connectivity index (χ3v) is 2.96. The lowest BCUT2D eigenvalue weighted by Gasteiger charge is -2.02. The van der Waals surface area contributed by atoms with Crippen molar-refractivity contribution in [3.63, 3.8) is 0 Å². The average Bonchev–Trinajstić information content (AvgIpc) is 2.95. The summed E-state index contributed by atoms with van der Waals surface area (Å²) in [6.07, 6.45) is 4.21. The Labute approximate surface area is 122 Å². The van der Waals surface area contributed by atoms with E-state index in [0.717, 1.165) is 11.3 Å². The van der Waals surface area contributed by atoms with Crippen molar-refractivity contribution in [3.8, 4) is 5.69 Å². The van der Waals surface area contributed by atoms with Crippen molar-refractivity contribution in [2.75, 3.05) is 6.54 Å². The van der Waals surface area contributed by atoms with Crippen LogP contribution in [0.15, 0.2) is 42.7 Å². The van der Waals surface area contributed by atoms with Crippen LogP contribution in [-0.2, 0) is 16.0 Å². The van der Waals surface area contributed by atoms with E-state index in [2.05, 4.69) is 10.4 Å². The first-order valence-electron chi connectivity index (χ1n) is 6.72. The molecule has 6 nitrogen and oxygen atoms in total. The molecule has 21 heavy (non-hydrogen) atoms. The van der Waals surface area contributed by atoms with Gasteiger partial charge in [0, 0.05) is 19.2 Å². The summed E-state index contributed by atoms with van der Waals surface area (Å²) in [5.41, 5.74) is 1.99. The average molecular weight is 287 g/mol. The van der Waals surface area contributed by atoms with Gasteiger partial charge >= 0.3 is 5.97 Å². The van der Waals surface area contributed by atoms with Crippen molar-refractivity contribution in [1.82, 2.24) is 15.1 Å². The Morgan fingerprint density at radius 3 is 2.67 bits per heavy atom. The molecule has 0 bridgehead atoms. The highest BCUT2D eigenvalue weighted by atomic mass is 16.4. The van der Waals surface area contributed by atoms with E-state index < -0.39 is 5.97 Å². The molecule has 6 heteroatoms. The summed E-state index contributed by atoms with van der Waals surface area (Å²) >= 11 is 0. The maximum Gasteiger partial charge on any atom is 0.303 e. The number of rotatable bonds is 7. The lowest BCUT2D eigenvalue weighted by molar-refractivity contribution is -0.138. The van der Waals surface area contributed by atoms with Gasteiger partial charge in [0.2, 0.25) is 5.91 Å². The molecule has 110 valence electrons. The number of benzene rings is 1. The smallest absolute Gasteiger partial charge is 0.303 e. The van der Waals surface area contributed by atoms with Gasteiger partial charge < -0.3 is 10.4 Å². The standard InChI is InChI=1S/C15H17N3O3/c19-14(6-7-15(20)21)16-9-8-12-10-17-18(11-12)13-4-2-1-3-5-13/h1-5,10-11H,6-9H2,(H,16,19)(H,20,21). The van der Waals surface area contributed by atoms with Crippen LogP contribution >= 0.6 is 0 Å². The third-order valence-electron chi connectivity index (χ3n) is 2.96. The van der Waals surface area contributed by atoms with E-state index in [1.807, 2.05) is 36.5 Å². The van der Waals surface area contributed by atoms with Crippen molar-refractivity contribution in [2.24, 2.45) is 0 Å². The Morgan fingerprint density at radius 1 is 1.19 bits per heavy atom. The number of aliphatic carboxylic acids is 1. The summed E-state index contributed by atoms with van der Waals surface area (Å²) in [5, 5.41) is 15.5. The zero-order valence-corrected chi connectivity index (χ0v) is 11.5. The van der Waals surface area contributed by atoms with E-state index in [-0.39, 0.29) is 18.7 Å². The van der Waals surface area contributed by atoms with Gasteiger partial charge in [0.1, 0.15) is 0 Å². The third kappa shape index (κ3) is 4.76. The molecule has 1 heterocycles. The second kappa shape index (κ2) is 7.23. The van der Waals surface area contributed by atoms with Crippen molar-refractivity contribution in [1.29, 1.82) is 0 Å². The highest BCUT2D eigenvalue weighted by Crippen LogP contribution is 2.07. The number of amides is 1. The van der Waals surface area contributed by atoms with E-state index >= 15 is 0 Å². The summed E-state index contributed by atoms with van der Waals surface area (Å²) < 4.78 is 1.78. The first kappa shape index (κ1) is 14.8. The van der Waals surface area contributed by atoms with Crippen LogP contribution in [0.3, 0.4) is 0 Å². The van der Waals surface area contributed by atoms with Crippen molar-refractivity contribution in [3.05, 3.63) is 48.3 Å². The van der Waals surface area contributed by atoms with Gasteiger partial charge in [-0.25, -0.2) is 4.68 Å². The van der Waals surface area contributed by atoms with Gasteiger partial charge in [0.25, 0.3) is 0 Å². The normalized spacial score (nSPS) is 10.3. The molecule has 0 aliphatic carbocycles. The largest absolute Gasteiger partial charge is 0.481 e. The number of hydrogen-bond donors (Lipinski definition) is 2. The van der Waals surface area contributed by atoms with Crippen LogP contribution in [0.5, 0.6) is 0 Å². The zero-order valence-electron chi connectivity index (χ0n) is 11.5. The maximum absolute atomic E-state index is 11.4. The predicted molar refractivity (Wildman–Crippen MR) is 77.1 cm³/mol. The number of hydrogen-bond acceptors (Lipinski definition) is 3. The summed E-state index contributed by atoms with van der Waals surface area (Å²) in [6, 6.07) is 9.76. The lowest BCUT2D eigenvalue weighted by Crippen LogP contribution is -2.25. The molecule has 0 unspecified atom stereocenters. The minimum absolute atomic E-state index is 0.0125. The monoisotopic (exact) mass is 287 g/mol. The number of carbonyl (C=O) groups is 2. The van der Waals surface area contributed by atoms with Crippen LogP contribution in [-0.4, -0.2) is 33.3 Å². The molecule has 0 aliphatic heterocycles. The minimum Gasteiger partial charge on any atom is -0.481 e. The van der Waals surface area contributed by atoms with Crippen LogP contribution in [0.2, 0.25) is 0 Å². The molecule has 1 amide bonds. The molecule has 1 aromatic heterocycles. The number of aromatic nitrogens is 2. The van der Waals surface area contributed by atoms with Gasteiger partial charge in [-0.05, 0) is 24.1 Å². The molecular formula is C15H17N3O3. The fraction of sp³-hybridized carbons (Fsp3) is 0.267. The quantitative estimate of drug-likeness (QED) is 0.806. The molecule has 2 N–H and O–H groups in total. The number of carboxylic acid groups (broad SMARTS) is 1. The van der Waals surface area contributed by atoms with Gasteiger partial charge in [-0.2, -0.15) is 5.10 Å². The Morgan fingerprint density at radius 2 is 1.95 bits per heavy atom. The molecule has 0 saturated carbocycles. The lowest BCUT2D eigenvalue weighted by atomic mass is 10.2. The van der Waals surface area contributed by atoms with Gasteiger partial charge in [0.15, 0.2) is 0 Å². The Hall–Kier alpha value is -2.63. The van der Waals surface area contributed by atoms with Crippen LogP contribution in [0.4, 0.5) is 0 Å². The van der Waals surface area contributed by atoms with Crippen molar-refractivity contribution >= 4 is 11.9 Å². The number of nitrogens with one attached hydrogen (secondary N) is 1. The van der Waals surface area contributed by atoms with Crippen LogP contribution in [0.25, 0.3) is 5.69 Å². The van der Waals surface area contributed by atoms with Crippen LogP contribution in [0.1, 0.15) is 18.4 Å². The molecule has 0 saturated heterocycles. The summed E-state index contributed by atoms with van der Waals surface area (Å²) in [7, 11) is 0. The molecule has 0 atom stereocenters. The maximum atomic E-state index is 11.4. The first-order chi connectivity index (χ1) is 10.1. The minimum atomic E-state index is -0.964. The highest BCUT2D eigenvalue weighted by Gasteiger charge is 2.05. The van der Waals surface area contributed by atoms with E-state index in [0.29, 0.717) is 13.0 Å². The SMILES string of the molecule is O=C(O)CCC(=O)NCCc1cnn(-c2ccccc2)c1. The summed E-state index contributed by atoms with van der Waals surface area (Å²) in [6.45, 7) is 0.471. The van der Waals surface area contributed by atoms with E-state index in [1.165, 1.54) is 0 Å². The molecule has 2 rings (SSSR count). The van der Waals surface area contributed by atoms with Crippen molar-refractivity contribution < 1.29 is 14.7 Å². The van der Waals surface area contributed by atoms with E-state index in [4.69, 9.17) is 5.11 Å². The first-order valence-corrected chi connectivity index (χ1v) is 6.72. The Bertz CT molecular complexity index is 608. The highest BCUT2D eigenvalue weighted by molar-refractivity contribution is 5.80. The van der Waals surface area contributed by atoms with E-state index in [1.54, 1.807) is 10.9 Å². The zero-order chi connectivity index (χ0) is 15.1. The Kier molecular flexibility index (Phi) is 5.09. The number of nitrogens with zero attached hydrogens (tertiary/aromatic N) is 2. The fourth-order valence-electron chi connectivity index (χ4n) is 1.87. The van der Waals surface area contributed by atoms with Gasteiger partial charge in [-0.3, -0.25) is 9.59 Å². The summed E-state index contributed by atoms with van der Waals surface area (Å²) in [4.78, 5) is 21.7. The number of carbonyl (C=O) groups excluding carboxylic acids is 1. The Balaban J connectivity index is 1.78. The molecular weight excluding hydrogens is 270 g/mol. The van der Waals surface area contributed by atoms with Gasteiger partial charge in [-0.1, -0.05) is 18.2 Å². The summed E-state index contributed by atoms with van der Waals surface area (Å²) in [5.74, 6) is -1.21. The predicted octanol–water partition coefficient (Wildman–Crippen LogP) is 1.40. The second-order valence-corrected chi connectivity index (χ2v) is 4.62. The topological polar surface area (TPSA) is 84.2 Å². The fourth-order valence-corrected chi connectivity index (χ4v) is 1.87. The molecule has 0 spiro atoms. The molecule has 0 radical (unpaired) electrons. The molecule has 0 fully saturated rings. The van der Waals surface area contributed by atoms with Crippen molar-refractivity contribution in [2.45, 2.75) is 19.3 Å². The molecule has 2 aromatic rings. The number of para-hydroxylation sites is 1. The second-order valence-electron chi connectivity index (χ2n) is 4.62. The molecule has 0 aliphatic rings.